The Labute approximate surface area is 223 Å². The zero-order valence-electron chi connectivity index (χ0n) is 23.2. The fourth-order valence-corrected chi connectivity index (χ4v) is 5.03. The van der Waals surface area contributed by atoms with Crippen LogP contribution in [0.5, 0.6) is 0 Å². The van der Waals surface area contributed by atoms with Gasteiger partial charge < -0.3 is 30.9 Å². The number of hydrogen-bond donors (Lipinski definition) is 0. The molecule has 0 amide bonds. The van der Waals surface area contributed by atoms with E-state index in [1.165, 1.54) is 109 Å². The van der Waals surface area contributed by atoms with Crippen LogP contribution < -0.4 is 17.0 Å². The second-order valence-corrected chi connectivity index (χ2v) is 11.7. The van der Waals surface area contributed by atoms with E-state index in [1.54, 1.807) is 0 Å². The summed E-state index contributed by atoms with van der Waals surface area (Å²) in [4.78, 5) is 0. The summed E-state index contributed by atoms with van der Waals surface area (Å²) in [6, 6.07) is 0. The molecule has 0 saturated carbocycles. The standard InChI is InChI=1S/C28H60NO2S.BrH/c1-6-8-9-10-11-12-13-14-15-16-17-18-19-22-25-32-27-28(31-7-2)26-30-24-21-20-23-29(3,4)5;/h28H,6-27H2,1-5H3;1H/q+1;/p-1. The van der Waals surface area contributed by atoms with Gasteiger partial charge in [0.1, 0.15) is 0 Å². The molecule has 33 heavy (non-hydrogen) atoms. The smallest absolute Gasteiger partial charge is 0.0898 e. The molecule has 0 aliphatic heterocycles. The Morgan fingerprint density at radius 2 is 1.18 bits per heavy atom. The first-order valence-corrected chi connectivity index (χ1v) is 15.2. The zero-order chi connectivity index (χ0) is 23.8. The predicted octanol–water partition coefficient (Wildman–Crippen LogP) is 5.11. The molecule has 0 aromatic heterocycles. The minimum absolute atomic E-state index is 0. The average Bonchev–Trinajstić information content (AvgIpc) is 2.75. The van der Waals surface area contributed by atoms with Gasteiger partial charge in [0.2, 0.25) is 0 Å². The van der Waals surface area contributed by atoms with Crippen LogP contribution >= 0.6 is 11.8 Å². The van der Waals surface area contributed by atoms with Gasteiger partial charge in [-0.2, -0.15) is 11.8 Å². The largest absolute Gasteiger partial charge is 1.00 e. The fourth-order valence-electron chi connectivity index (χ4n) is 4.00. The molecular formula is C28H60BrNO2S. The van der Waals surface area contributed by atoms with E-state index < -0.39 is 0 Å². The summed E-state index contributed by atoms with van der Waals surface area (Å²) in [5.41, 5.74) is 0. The van der Waals surface area contributed by atoms with Crippen molar-refractivity contribution in [3.05, 3.63) is 0 Å². The van der Waals surface area contributed by atoms with Gasteiger partial charge in [-0.05, 0) is 31.9 Å². The lowest BCUT2D eigenvalue weighted by molar-refractivity contribution is -0.870. The van der Waals surface area contributed by atoms with Crippen molar-refractivity contribution < 1.29 is 30.9 Å². The number of hydrogen-bond acceptors (Lipinski definition) is 3. The van der Waals surface area contributed by atoms with Gasteiger partial charge in [0.15, 0.2) is 0 Å². The summed E-state index contributed by atoms with van der Waals surface area (Å²) in [5.74, 6) is 2.34. The molecule has 0 saturated heterocycles. The molecule has 0 aromatic carbocycles. The molecule has 0 spiro atoms. The van der Waals surface area contributed by atoms with E-state index in [9.17, 15) is 0 Å². The predicted molar refractivity (Wildman–Crippen MR) is 146 cm³/mol. The van der Waals surface area contributed by atoms with Crippen molar-refractivity contribution in [3.63, 3.8) is 0 Å². The molecular weight excluding hydrogens is 494 g/mol. The Bertz CT molecular complexity index is 366. The van der Waals surface area contributed by atoms with Crippen LogP contribution in [0.2, 0.25) is 0 Å². The molecule has 1 atom stereocenters. The van der Waals surface area contributed by atoms with Crippen molar-refractivity contribution in [2.75, 3.05) is 59.0 Å². The van der Waals surface area contributed by atoms with Crippen molar-refractivity contribution in [2.24, 2.45) is 0 Å². The molecule has 202 valence electrons. The summed E-state index contributed by atoms with van der Waals surface area (Å²) in [6.45, 7) is 8.01. The van der Waals surface area contributed by atoms with Gasteiger partial charge in [-0.25, -0.2) is 0 Å². The van der Waals surface area contributed by atoms with Crippen LogP contribution in [0.1, 0.15) is 117 Å². The molecule has 0 aliphatic rings. The molecule has 0 heterocycles. The lowest BCUT2D eigenvalue weighted by Crippen LogP contribution is -3.00. The fraction of sp³-hybridized carbons (Fsp3) is 1.00. The van der Waals surface area contributed by atoms with Gasteiger partial charge >= 0.3 is 0 Å². The molecule has 5 heteroatoms. The Kier molecular flexibility index (Phi) is 29.7. The Morgan fingerprint density at radius 1 is 0.667 bits per heavy atom. The molecule has 0 radical (unpaired) electrons. The van der Waals surface area contributed by atoms with Crippen LogP contribution in [0.3, 0.4) is 0 Å². The topological polar surface area (TPSA) is 18.5 Å². The van der Waals surface area contributed by atoms with Gasteiger partial charge in [-0.3, -0.25) is 0 Å². The summed E-state index contributed by atoms with van der Waals surface area (Å²) in [7, 11) is 6.75. The van der Waals surface area contributed by atoms with Gasteiger partial charge in [0.05, 0.1) is 40.4 Å². The van der Waals surface area contributed by atoms with Crippen LogP contribution in [0.15, 0.2) is 0 Å². The lowest BCUT2D eigenvalue weighted by Gasteiger charge is -2.23. The third kappa shape index (κ3) is 30.7. The average molecular weight is 555 g/mol. The first kappa shape index (κ1) is 35.9. The monoisotopic (exact) mass is 553 g/mol. The second kappa shape index (κ2) is 27.3. The van der Waals surface area contributed by atoms with Crippen molar-refractivity contribution in [1.82, 2.24) is 0 Å². The minimum Gasteiger partial charge on any atom is -1.00 e. The van der Waals surface area contributed by atoms with Crippen LogP contribution in [-0.2, 0) is 9.47 Å². The summed E-state index contributed by atoms with van der Waals surface area (Å²) < 4.78 is 12.8. The van der Waals surface area contributed by atoms with Crippen molar-refractivity contribution in [2.45, 2.75) is 123 Å². The van der Waals surface area contributed by atoms with E-state index in [4.69, 9.17) is 9.47 Å². The summed E-state index contributed by atoms with van der Waals surface area (Å²) in [5, 5.41) is 0. The highest BCUT2D eigenvalue weighted by molar-refractivity contribution is 7.99. The van der Waals surface area contributed by atoms with Crippen molar-refractivity contribution >= 4 is 11.8 Å². The van der Waals surface area contributed by atoms with Gasteiger partial charge in [0.25, 0.3) is 0 Å². The second-order valence-electron chi connectivity index (χ2n) is 10.5. The number of ether oxygens (including phenoxy) is 2. The summed E-state index contributed by atoms with van der Waals surface area (Å²) >= 11 is 2.05. The number of quaternary nitrogens is 1. The number of unbranched alkanes of at least 4 members (excludes halogenated alkanes) is 14. The zero-order valence-corrected chi connectivity index (χ0v) is 25.6. The number of thioether (sulfide) groups is 1. The lowest BCUT2D eigenvalue weighted by atomic mass is 10.0. The van der Waals surface area contributed by atoms with Gasteiger partial charge in [0, 0.05) is 19.0 Å². The van der Waals surface area contributed by atoms with E-state index in [2.05, 4.69) is 35.0 Å². The van der Waals surface area contributed by atoms with Crippen molar-refractivity contribution in [1.29, 1.82) is 0 Å². The maximum absolute atomic E-state index is 5.90. The Morgan fingerprint density at radius 3 is 1.67 bits per heavy atom. The van der Waals surface area contributed by atoms with Gasteiger partial charge in [-0.1, -0.05) is 90.4 Å². The molecule has 0 aliphatic carbocycles. The van der Waals surface area contributed by atoms with E-state index in [0.29, 0.717) is 0 Å². The Hall–Kier alpha value is 0.710. The number of nitrogens with zero attached hydrogens (tertiary/aromatic N) is 1. The number of rotatable bonds is 26. The quantitative estimate of drug-likeness (QED) is 0.109. The van der Waals surface area contributed by atoms with Crippen LogP contribution in [0.4, 0.5) is 0 Å². The van der Waals surface area contributed by atoms with E-state index >= 15 is 0 Å². The third-order valence-corrected chi connectivity index (χ3v) is 7.20. The number of halogens is 1. The maximum atomic E-state index is 5.90. The minimum atomic E-state index is 0. The highest BCUT2D eigenvalue weighted by Gasteiger charge is 2.10. The van der Waals surface area contributed by atoms with E-state index in [1.807, 2.05) is 11.8 Å². The van der Waals surface area contributed by atoms with Crippen molar-refractivity contribution in [3.8, 4) is 0 Å². The first-order chi connectivity index (χ1) is 15.5. The maximum Gasteiger partial charge on any atom is 0.0898 e. The summed E-state index contributed by atoms with van der Waals surface area (Å²) in [6.07, 6.45) is 22.7. The molecule has 3 nitrogen and oxygen atoms in total. The molecule has 0 bridgehead atoms. The highest BCUT2D eigenvalue weighted by Crippen LogP contribution is 2.15. The van der Waals surface area contributed by atoms with E-state index in [-0.39, 0.29) is 23.1 Å². The molecule has 0 fully saturated rings. The van der Waals surface area contributed by atoms with Crippen LogP contribution in [0.25, 0.3) is 0 Å². The molecule has 0 aromatic rings. The Balaban J connectivity index is 0. The SMILES string of the molecule is CCCCCCCCCCCCCCCCSCC(COCCCC[N+](C)(C)C)OCC.[Br-]. The highest BCUT2D eigenvalue weighted by atomic mass is 79.9. The van der Waals surface area contributed by atoms with E-state index in [0.717, 1.165) is 36.5 Å². The van der Waals surface area contributed by atoms with Gasteiger partial charge in [-0.15, -0.1) is 0 Å². The molecule has 0 N–H and O–H groups in total. The van der Waals surface area contributed by atoms with Crippen LogP contribution in [0, 0.1) is 0 Å². The third-order valence-electron chi connectivity index (χ3n) is 6.02. The van der Waals surface area contributed by atoms with Crippen LogP contribution in [-0.4, -0.2) is 69.6 Å². The normalized spacial score (nSPS) is 12.6. The molecule has 1 unspecified atom stereocenters. The first-order valence-electron chi connectivity index (χ1n) is 14.1. The molecule has 0 rings (SSSR count).